The van der Waals surface area contributed by atoms with Crippen molar-refractivity contribution in [3.8, 4) is 0 Å². The molecule has 1 aromatic heterocycles. The number of benzene rings is 1. The van der Waals surface area contributed by atoms with E-state index >= 15 is 0 Å². The Morgan fingerprint density at radius 2 is 2.12 bits per heavy atom. The molecule has 0 aliphatic carbocycles. The Bertz CT molecular complexity index is 499. The third kappa shape index (κ3) is 1.71. The fourth-order valence-corrected chi connectivity index (χ4v) is 2.06. The van der Waals surface area contributed by atoms with Crippen LogP contribution < -0.4 is 5.73 Å². The van der Waals surface area contributed by atoms with Gasteiger partial charge in [0.25, 0.3) is 0 Å². The van der Waals surface area contributed by atoms with Crippen molar-refractivity contribution in [1.29, 1.82) is 0 Å². The summed E-state index contributed by atoms with van der Waals surface area (Å²) in [6, 6.07) is 6.41. The highest BCUT2D eigenvalue weighted by Crippen LogP contribution is 2.22. The Hall–Kier alpha value is -1.35. The maximum atomic E-state index is 6.09. The van der Waals surface area contributed by atoms with Crippen LogP contribution in [0.4, 0.5) is 0 Å². The molecule has 0 aliphatic heterocycles. The van der Waals surface area contributed by atoms with Crippen molar-refractivity contribution in [1.82, 2.24) is 9.55 Å². The van der Waals surface area contributed by atoms with Gasteiger partial charge in [-0.25, -0.2) is 4.98 Å². The van der Waals surface area contributed by atoms with Crippen LogP contribution >= 0.6 is 0 Å². The van der Waals surface area contributed by atoms with Crippen LogP contribution in [0.2, 0.25) is 0 Å². The van der Waals surface area contributed by atoms with Gasteiger partial charge in [0.15, 0.2) is 0 Å². The fraction of sp³-hybridized carbons (Fsp3) is 0.462. The zero-order chi connectivity index (χ0) is 11.7. The summed E-state index contributed by atoms with van der Waals surface area (Å²) in [5.74, 6) is 1.01. The van der Waals surface area contributed by atoms with E-state index in [4.69, 9.17) is 5.73 Å². The standard InChI is InChI=1S/C13H19N3/c1-4-10(14)13-15-11-8-9(3)6-7-12(11)16(13)5-2/h6-8,10H,4-5,14H2,1-3H3. The smallest absolute Gasteiger partial charge is 0.126 e. The first-order chi connectivity index (χ1) is 7.67. The van der Waals surface area contributed by atoms with Gasteiger partial charge in [0, 0.05) is 6.54 Å². The Morgan fingerprint density at radius 1 is 1.38 bits per heavy atom. The van der Waals surface area contributed by atoms with Crippen molar-refractivity contribution in [3.63, 3.8) is 0 Å². The second kappa shape index (κ2) is 4.26. The molecule has 1 aromatic carbocycles. The number of hydrogen-bond donors (Lipinski definition) is 1. The van der Waals surface area contributed by atoms with Crippen LogP contribution in [0.1, 0.15) is 37.7 Å². The molecule has 0 bridgehead atoms. The Labute approximate surface area is 96.3 Å². The minimum atomic E-state index is 0.0349. The third-order valence-electron chi connectivity index (χ3n) is 3.02. The van der Waals surface area contributed by atoms with Gasteiger partial charge in [-0.05, 0) is 38.0 Å². The second-order valence-corrected chi connectivity index (χ2v) is 4.22. The first kappa shape index (κ1) is 11.1. The monoisotopic (exact) mass is 217 g/mol. The molecule has 0 radical (unpaired) electrons. The molecule has 3 nitrogen and oxygen atoms in total. The Morgan fingerprint density at radius 3 is 2.75 bits per heavy atom. The minimum Gasteiger partial charge on any atom is -0.327 e. The molecule has 0 saturated heterocycles. The predicted molar refractivity (Wildman–Crippen MR) is 67.4 cm³/mol. The van der Waals surface area contributed by atoms with Gasteiger partial charge in [-0.1, -0.05) is 13.0 Å². The molecule has 1 atom stereocenters. The number of fused-ring (bicyclic) bond motifs is 1. The summed E-state index contributed by atoms with van der Waals surface area (Å²) in [4.78, 5) is 4.65. The molecule has 1 unspecified atom stereocenters. The molecule has 3 heteroatoms. The first-order valence-electron chi connectivity index (χ1n) is 5.89. The zero-order valence-corrected chi connectivity index (χ0v) is 10.2. The van der Waals surface area contributed by atoms with E-state index in [2.05, 4.69) is 48.5 Å². The molecule has 16 heavy (non-hydrogen) atoms. The lowest BCUT2D eigenvalue weighted by molar-refractivity contribution is 0.597. The molecule has 1 heterocycles. The maximum Gasteiger partial charge on any atom is 0.126 e. The fourth-order valence-electron chi connectivity index (χ4n) is 2.06. The summed E-state index contributed by atoms with van der Waals surface area (Å²) in [6.07, 6.45) is 0.919. The first-order valence-corrected chi connectivity index (χ1v) is 5.89. The van der Waals surface area contributed by atoms with Gasteiger partial charge >= 0.3 is 0 Å². The van der Waals surface area contributed by atoms with Crippen LogP contribution in [0.15, 0.2) is 18.2 Å². The lowest BCUT2D eigenvalue weighted by Gasteiger charge is -2.10. The van der Waals surface area contributed by atoms with Crippen molar-refractivity contribution in [2.75, 3.05) is 0 Å². The van der Waals surface area contributed by atoms with Crippen LogP contribution in [0.3, 0.4) is 0 Å². The molecule has 0 aliphatic rings. The summed E-state index contributed by atoms with van der Waals surface area (Å²) >= 11 is 0. The van der Waals surface area contributed by atoms with Gasteiger partial charge in [-0.2, -0.15) is 0 Å². The summed E-state index contributed by atoms with van der Waals surface area (Å²) in [5.41, 5.74) is 9.57. The van der Waals surface area contributed by atoms with E-state index in [0.717, 1.165) is 24.3 Å². The largest absolute Gasteiger partial charge is 0.327 e. The minimum absolute atomic E-state index is 0.0349. The molecule has 2 N–H and O–H groups in total. The highest BCUT2D eigenvalue weighted by atomic mass is 15.1. The molecular formula is C13H19N3. The lowest BCUT2D eigenvalue weighted by Crippen LogP contribution is -2.15. The van der Waals surface area contributed by atoms with Crippen molar-refractivity contribution in [3.05, 3.63) is 29.6 Å². The van der Waals surface area contributed by atoms with Gasteiger partial charge in [0.2, 0.25) is 0 Å². The molecule has 0 amide bonds. The van der Waals surface area contributed by atoms with Crippen molar-refractivity contribution in [2.24, 2.45) is 5.73 Å². The van der Waals surface area contributed by atoms with Crippen LogP contribution in [0, 0.1) is 6.92 Å². The van der Waals surface area contributed by atoms with E-state index < -0.39 is 0 Å². The van der Waals surface area contributed by atoms with Crippen LogP contribution in [0.25, 0.3) is 11.0 Å². The van der Waals surface area contributed by atoms with Crippen molar-refractivity contribution < 1.29 is 0 Å². The van der Waals surface area contributed by atoms with Crippen molar-refractivity contribution in [2.45, 2.75) is 39.8 Å². The third-order valence-corrected chi connectivity index (χ3v) is 3.02. The number of hydrogen-bond acceptors (Lipinski definition) is 2. The van der Waals surface area contributed by atoms with E-state index in [9.17, 15) is 0 Å². The predicted octanol–water partition coefficient (Wildman–Crippen LogP) is 2.77. The average molecular weight is 217 g/mol. The van der Waals surface area contributed by atoms with Crippen molar-refractivity contribution >= 4 is 11.0 Å². The molecule has 86 valence electrons. The molecule has 0 fully saturated rings. The summed E-state index contributed by atoms with van der Waals surface area (Å²) in [5, 5.41) is 0. The molecule has 2 rings (SSSR count). The number of nitrogens with two attached hydrogens (primary N) is 1. The Kier molecular flexibility index (Phi) is 2.97. The summed E-state index contributed by atoms with van der Waals surface area (Å²) in [6.45, 7) is 7.23. The van der Waals surface area contributed by atoms with E-state index in [0.29, 0.717) is 0 Å². The van der Waals surface area contributed by atoms with E-state index in [-0.39, 0.29) is 6.04 Å². The molecule has 0 spiro atoms. The molecule has 2 aromatic rings. The second-order valence-electron chi connectivity index (χ2n) is 4.22. The van der Waals surface area contributed by atoms with Gasteiger partial charge in [0.05, 0.1) is 17.1 Å². The quantitative estimate of drug-likeness (QED) is 0.859. The summed E-state index contributed by atoms with van der Waals surface area (Å²) < 4.78 is 2.21. The number of aromatic nitrogens is 2. The van der Waals surface area contributed by atoms with Gasteiger partial charge in [0.1, 0.15) is 5.82 Å². The number of aryl methyl sites for hydroxylation is 2. The lowest BCUT2D eigenvalue weighted by atomic mass is 10.2. The summed E-state index contributed by atoms with van der Waals surface area (Å²) in [7, 11) is 0. The SMILES string of the molecule is CCC(N)c1nc2cc(C)ccc2n1CC. The maximum absolute atomic E-state index is 6.09. The van der Waals surface area contributed by atoms with Gasteiger partial charge in [-0.3, -0.25) is 0 Å². The normalized spacial score (nSPS) is 13.2. The van der Waals surface area contributed by atoms with Crippen LogP contribution in [-0.4, -0.2) is 9.55 Å². The van der Waals surface area contributed by atoms with E-state index in [1.54, 1.807) is 0 Å². The highest BCUT2D eigenvalue weighted by molar-refractivity contribution is 5.77. The van der Waals surface area contributed by atoms with Crippen LogP contribution in [-0.2, 0) is 6.54 Å². The van der Waals surface area contributed by atoms with Gasteiger partial charge in [-0.15, -0.1) is 0 Å². The zero-order valence-electron chi connectivity index (χ0n) is 10.2. The molecular weight excluding hydrogens is 198 g/mol. The highest BCUT2D eigenvalue weighted by Gasteiger charge is 2.14. The number of rotatable bonds is 3. The van der Waals surface area contributed by atoms with E-state index in [1.807, 2.05) is 0 Å². The molecule has 0 saturated carbocycles. The Balaban J connectivity index is 2.65. The van der Waals surface area contributed by atoms with Crippen LogP contribution in [0.5, 0.6) is 0 Å². The topological polar surface area (TPSA) is 43.8 Å². The number of nitrogens with zero attached hydrogens (tertiary/aromatic N) is 2. The van der Waals surface area contributed by atoms with E-state index in [1.165, 1.54) is 11.1 Å². The number of imidazole rings is 1. The van der Waals surface area contributed by atoms with Gasteiger partial charge < -0.3 is 10.3 Å². The average Bonchev–Trinajstić information content (AvgIpc) is 2.65.